The second-order valence-electron chi connectivity index (χ2n) is 1.85. The van der Waals surface area contributed by atoms with Crippen molar-refractivity contribution in [3.8, 4) is 0 Å². The molecule has 0 aromatic carbocycles. The van der Waals surface area contributed by atoms with Crippen LogP contribution in [0.1, 0.15) is 13.8 Å². The molecule has 0 aliphatic heterocycles. The van der Waals surface area contributed by atoms with Gasteiger partial charge in [-0.15, -0.1) is 0 Å². The van der Waals surface area contributed by atoms with Gasteiger partial charge in [0.1, 0.15) is 0 Å². The average Bonchev–Trinajstić information content (AvgIpc) is 1.25. The highest BCUT2D eigenvalue weighted by Crippen LogP contribution is 2.03. The van der Waals surface area contributed by atoms with Gasteiger partial charge in [0.2, 0.25) is 0 Å². The Labute approximate surface area is 47.9 Å². The molecule has 0 aromatic rings. The maximum atomic E-state index is 10.2. The first-order chi connectivity index (χ1) is 3.25. The predicted octanol–water partition coefficient (Wildman–Crippen LogP) is -1.37. The van der Waals surface area contributed by atoms with Crippen LogP contribution in [0.2, 0.25) is 0 Å². The van der Waals surface area contributed by atoms with Crippen LogP contribution >= 0.6 is 0 Å². The molecule has 0 N–H and O–H groups in total. The molecule has 0 rings (SSSR count). The minimum atomic E-state index is -4.65. The van der Waals surface area contributed by atoms with Gasteiger partial charge in [0, 0.05) is 0 Å². The van der Waals surface area contributed by atoms with Crippen LogP contribution in [-0.4, -0.2) is 17.9 Å². The summed E-state index contributed by atoms with van der Waals surface area (Å²) in [6.45, 7) is 1.63. The van der Waals surface area contributed by atoms with E-state index < -0.39 is 15.1 Å². The van der Waals surface area contributed by atoms with Gasteiger partial charge in [-0.25, -0.2) is 8.42 Å². The van der Waals surface area contributed by atoms with Crippen molar-refractivity contribution in [2.75, 3.05) is 0 Å². The highest BCUT2D eigenvalue weighted by molar-refractivity contribution is 7.86. The molecule has 0 aromatic heterocycles. The lowest BCUT2D eigenvalue weighted by Gasteiger charge is -2.33. The van der Waals surface area contributed by atoms with E-state index >= 15 is 0 Å². The van der Waals surface area contributed by atoms with Gasteiger partial charge in [0.05, 0.1) is 10.1 Å². The van der Waals surface area contributed by atoms with Gasteiger partial charge in [-0.1, -0.05) is 13.8 Å². The Bertz CT molecular complexity index is 160. The smallest absolute Gasteiger partial charge is 0.0841 e. The van der Waals surface area contributed by atoms with Crippen molar-refractivity contribution in [3.05, 3.63) is 0 Å². The Kier molecular flexibility index (Phi) is 1.65. The van der Waals surface area contributed by atoms with E-state index in [-0.39, 0.29) is 0 Å². The van der Waals surface area contributed by atoms with Gasteiger partial charge < -0.3 is 9.66 Å². The first kappa shape index (κ1) is 7.87. The third kappa shape index (κ3) is 1.77. The van der Waals surface area contributed by atoms with E-state index in [2.05, 4.69) is 0 Å². The van der Waals surface area contributed by atoms with Gasteiger partial charge in [-0.2, -0.15) is 0 Å². The van der Waals surface area contributed by atoms with E-state index in [9.17, 15) is 18.1 Å². The van der Waals surface area contributed by atoms with Crippen LogP contribution in [0.25, 0.3) is 0 Å². The van der Waals surface area contributed by atoms with Crippen molar-refractivity contribution in [2.45, 2.75) is 18.8 Å². The number of hydrogen-bond donors (Lipinski definition) is 0. The second kappa shape index (κ2) is 1.68. The van der Waals surface area contributed by atoms with E-state index in [0.717, 1.165) is 13.8 Å². The first-order valence-corrected chi connectivity index (χ1v) is 3.32. The molecule has 5 heteroatoms. The summed E-state index contributed by atoms with van der Waals surface area (Å²) in [7, 11) is -4.65. The molecule has 0 spiro atoms. The molecule has 0 heterocycles. The molecular formula is C3H6O4S-2. The predicted molar refractivity (Wildman–Crippen MR) is 23.8 cm³/mol. The molecule has 0 saturated carbocycles. The Balaban J connectivity index is 4.53. The van der Waals surface area contributed by atoms with Gasteiger partial charge in [-0.3, -0.25) is 0 Å². The van der Waals surface area contributed by atoms with Crippen LogP contribution in [0.15, 0.2) is 0 Å². The molecule has 4 nitrogen and oxygen atoms in total. The first-order valence-electron chi connectivity index (χ1n) is 1.91. The quantitative estimate of drug-likeness (QED) is 0.418. The van der Waals surface area contributed by atoms with Crippen molar-refractivity contribution in [2.24, 2.45) is 0 Å². The van der Waals surface area contributed by atoms with Crippen molar-refractivity contribution >= 4 is 10.1 Å². The molecule has 0 aliphatic carbocycles. The lowest BCUT2D eigenvalue weighted by Crippen LogP contribution is -2.44. The average molecular weight is 138 g/mol. The molecule has 0 aliphatic rings. The zero-order chi connectivity index (χ0) is 7.00. The summed E-state index contributed by atoms with van der Waals surface area (Å²) in [5, 5.41) is 10.2. The fourth-order valence-electron chi connectivity index (χ4n) is 0. The number of hydrogen-bond acceptors (Lipinski definition) is 4. The zero-order valence-electron chi connectivity index (χ0n) is 4.54. The van der Waals surface area contributed by atoms with Crippen LogP contribution in [-0.2, 0) is 10.1 Å². The Morgan fingerprint density at radius 2 is 1.50 bits per heavy atom. The molecule has 8 heavy (non-hydrogen) atoms. The van der Waals surface area contributed by atoms with Crippen LogP contribution in [0, 0.1) is 0 Å². The van der Waals surface area contributed by atoms with E-state index in [1.54, 1.807) is 0 Å². The van der Waals surface area contributed by atoms with E-state index in [1.165, 1.54) is 0 Å². The normalized spacial score (nSPS) is 14.0. The third-order valence-electron chi connectivity index (χ3n) is 0.602. The Hall–Kier alpha value is -0.130. The van der Waals surface area contributed by atoms with Crippen LogP contribution in [0.5, 0.6) is 0 Å². The summed E-state index contributed by atoms with van der Waals surface area (Å²) in [5.41, 5.74) is 0. The summed E-state index contributed by atoms with van der Waals surface area (Å²) < 4.78 is 29.4. The molecule has 0 bridgehead atoms. The topological polar surface area (TPSA) is 80.3 Å². The lowest BCUT2D eigenvalue weighted by atomic mass is 10.5. The highest BCUT2D eigenvalue weighted by atomic mass is 32.2. The van der Waals surface area contributed by atoms with Crippen LogP contribution in [0.4, 0.5) is 0 Å². The summed E-state index contributed by atoms with van der Waals surface area (Å²) in [6.07, 6.45) is 0. The standard InChI is InChI=1S/C3H7O4S/c1-3(2,4)8(5,6)7/h1-2H3,(H,5,6,7)/q-1/p-1. The number of rotatable bonds is 1. The van der Waals surface area contributed by atoms with Gasteiger partial charge in [0.25, 0.3) is 0 Å². The summed E-state index contributed by atoms with van der Waals surface area (Å²) >= 11 is 0. The molecule has 0 atom stereocenters. The van der Waals surface area contributed by atoms with Gasteiger partial charge in [-0.05, 0) is 4.93 Å². The van der Waals surface area contributed by atoms with Crippen molar-refractivity contribution in [3.63, 3.8) is 0 Å². The molecule has 0 saturated heterocycles. The Morgan fingerprint density at radius 3 is 1.50 bits per heavy atom. The molecule has 0 radical (unpaired) electrons. The second-order valence-corrected chi connectivity index (χ2v) is 3.75. The minimum Gasteiger partial charge on any atom is -0.839 e. The maximum Gasteiger partial charge on any atom is 0.0841 e. The molecular weight excluding hydrogens is 132 g/mol. The fraction of sp³-hybridized carbons (Fsp3) is 1.00. The summed E-state index contributed by atoms with van der Waals surface area (Å²) in [6, 6.07) is 0. The fourth-order valence-corrected chi connectivity index (χ4v) is 0. The summed E-state index contributed by atoms with van der Waals surface area (Å²) in [4.78, 5) is -2.40. The van der Waals surface area contributed by atoms with Crippen molar-refractivity contribution < 1.29 is 18.1 Å². The van der Waals surface area contributed by atoms with Gasteiger partial charge >= 0.3 is 0 Å². The highest BCUT2D eigenvalue weighted by Gasteiger charge is 2.08. The summed E-state index contributed by atoms with van der Waals surface area (Å²) in [5.74, 6) is 0. The zero-order valence-corrected chi connectivity index (χ0v) is 5.36. The SMILES string of the molecule is CC(C)([O-])S(=O)(=O)[O-]. The lowest BCUT2D eigenvalue weighted by molar-refractivity contribution is -0.431. The van der Waals surface area contributed by atoms with E-state index in [4.69, 9.17) is 0 Å². The maximum absolute atomic E-state index is 10.2. The van der Waals surface area contributed by atoms with E-state index in [0.29, 0.717) is 0 Å². The van der Waals surface area contributed by atoms with Crippen molar-refractivity contribution in [1.82, 2.24) is 0 Å². The monoisotopic (exact) mass is 138 g/mol. The largest absolute Gasteiger partial charge is 0.839 e. The van der Waals surface area contributed by atoms with Crippen LogP contribution in [0.3, 0.4) is 0 Å². The van der Waals surface area contributed by atoms with Crippen LogP contribution < -0.4 is 5.11 Å². The molecule has 50 valence electrons. The molecule has 0 unspecified atom stereocenters. The van der Waals surface area contributed by atoms with Crippen molar-refractivity contribution in [1.29, 1.82) is 0 Å². The molecule has 0 amide bonds. The third-order valence-corrected chi connectivity index (χ3v) is 1.81. The molecule has 0 fully saturated rings. The minimum absolute atomic E-state index is 0.815. The van der Waals surface area contributed by atoms with E-state index in [1.807, 2.05) is 0 Å². The Morgan fingerprint density at radius 1 is 1.38 bits per heavy atom. The van der Waals surface area contributed by atoms with Gasteiger partial charge in [0.15, 0.2) is 0 Å².